The molecule has 1 aromatic carbocycles. The highest BCUT2D eigenvalue weighted by Gasteiger charge is 2.22. The third-order valence-corrected chi connectivity index (χ3v) is 6.42. The summed E-state index contributed by atoms with van der Waals surface area (Å²) in [6.07, 6.45) is 7.42. The lowest BCUT2D eigenvalue weighted by atomic mass is 10.0. The highest BCUT2D eigenvalue weighted by Crippen LogP contribution is 2.35. The predicted molar refractivity (Wildman–Crippen MR) is 135 cm³/mol. The molecule has 0 aliphatic carbocycles. The van der Waals surface area contributed by atoms with Crippen LogP contribution < -0.4 is 0 Å². The number of aromatic nitrogens is 8. The van der Waals surface area contributed by atoms with Crippen molar-refractivity contribution in [1.29, 1.82) is 0 Å². The van der Waals surface area contributed by atoms with E-state index in [1.165, 1.54) is 44.9 Å². The van der Waals surface area contributed by atoms with Crippen molar-refractivity contribution in [3.8, 4) is 33.8 Å². The fraction of sp³-hybridized carbons (Fsp3) is 0.208. The van der Waals surface area contributed by atoms with E-state index in [1.54, 1.807) is 31.4 Å². The molecular weight excluding hydrogens is 560 g/mol. The van der Waals surface area contributed by atoms with Crippen molar-refractivity contribution in [3.63, 3.8) is 0 Å². The first-order valence-electron chi connectivity index (χ1n) is 11.4. The molecule has 39 heavy (non-hydrogen) atoms. The summed E-state index contributed by atoms with van der Waals surface area (Å²) in [6, 6.07) is 5.59. The smallest absolute Gasteiger partial charge is 0.345 e. The van der Waals surface area contributed by atoms with Crippen molar-refractivity contribution in [2.75, 3.05) is 6.61 Å². The highest BCUT2D eigenvalue weighted by atomic mass is 35.5. The second-order valence-electron chi connectivity index (χ2n) is 8.36. The van der Waals surface area contributed by atoms with Gasteiger partial charge in [-0.25, -0.2) is 9.07 Å². The van der Waals surface area contributed by atoms with E-state index in [4.69, 9.17) is 23.2 Å². The molecule has 1 atom stereocenters. The quantitative estimate of drug-likeness (QED) is 0.253. The maximum atomic E-state index is 15.2. The van der Waals surface area contributed by atoms with Crippen LogP contribution in [0.15, 0.2) is 55.2 Å². The molecule has 0 spiro atoms. The maximum Gasteiger partial charge on any atom is 0.345 e. The summed E-state index contributed by atoms with van der Waals surface area (Å²) >= 11 is 12.0. The molecular formula is C24H19Cl2F3N8O2. The van der Waals surface area contributed by atoms with Crippen molar-refractivity contribution in [2.24, 2.45) is 7.05 Å². The summed E-state index contributed by atoms with van der Waals surface area (Å²) < 4.78 is 49.4. The fourth-order valence-corrected chi connectivity index (χ4v) is 4.48. The van der Waals surface area contributed by atoms with Gasteiger partial charge < -0.3 is 9.84 Å². The largest absolute Gasteiger partial charge is 0.504 e. The third kappa shape index (κ3) is 5.46. The van der Waals surface area contributed by atoms with E-state index in [0.29, 0.717) is 28.2 Å². The Morgan fingerprint density at radius 2 is 1.85 bits per heavy atom. The van der Waals surface area contributed by atoms with Crippen LogP contribution in [0.5, 0.6) is 5.75 Å². The lowest BCUT2D eigenvalue weighted by molar-refractivity contribution is -0.130. The Balaban J connectivity index is 1.51. The van der Waals surface area contributed by atoms with Gasteiger partial charge in [-0.15, -0.1) is 5.10 Å². The molecule has 0 amide bonds. The number of pyridine rings is 1. The third-order valence-electron chi connectivity index (χ3n) is 5.95. The molecule has 0 unspecified atom stereocenters. The molecule has 0 radical (unpaired) electrons. The summed E-state index contributed by atoms with van der Waals surface area (Å²) in [5.74, 6) is -0.727. The standard InChI is InChI=1S/C24H19Cl2F3N8O2/c1-35-23(19(38)10-31-35)14-9-32-36(11-14)17(6-7-39-24(28)29)16-4-2-13(8-30-16)21-18(5-3-15(25)22(21)27)37-12-20(26)33-34-37/h2-5,8-12,17,24,38H,6-7H2,1H3/t17-/m1/s1. The highest BCUT2D eigenvalue weighted by molar-refractivity contribution is 6.31. The number of rotatable bonds is 9. The number of hydrogen-bond donors (Lipinski definition) is 1. The Morgan fingerprint density at radius 3 is 2.49 bits per heavy atom. The minimum absolute atomic E-state index is 0.0369. The molecule has 10 nitrogen and oxygen atoms in total. The fourth-order valence-electron chi connectivity index (χ4n) is 4.19. The molecule has 5 aromatic rings. The molecule has 4 heterocycles. The van der Waals surface area contributed by atoms with Crippen LogP contribution in [-0.2, 0) is 11.8 Å². The zero-order chi connectivity index (χ0) is 27.7. The molecule has 4 aromatic heterocycles. The summed E-state index contributed by atoms with van der Waals surface area (Å²) in [4.78, 5) is 4.50. The van der Waals surface area contributed by atoms with Gasteiger partial charge in [0.25, 0.3) is 0 Å². The topological polar surface area (TPSA) is 109 Å². The van der Waals surface area contributed by atoms with Crippen LogP contribution in [0.4, 0.5) is 13.2 Å². The number of aromatic hydroxyl groups is 1. The van der Waals surface area contributed by atoms with E-state index >= 15 is 4.39 Å². The molecule has 0 saturated heterocycles. The Bertz CT molecular complexity index is 1580. The van der Waals surface area contributed by atoms with E-state index in [2.05, 4.69) is 30.2 Å². The maximum absolute atomic E-state index is 15.2. The predicted octanol–water partition coefficient (Wildman–Crippen LogP) is 5.30. The Labute approximate surface area is 229 Å². The first kappa shape index (κ1) is 26.7. The zero-order valence-electron chi connectivity index (χ0n) is 20.1. The minimum atomic E-state index is -2.94. The molecule has 202 valence electrons. The zero-order valence-corrected chi connectivity index (χ0v) is 21.6. The second-order valence-corrected chi connectivity index (χ2v) is 9.15. The van der Waals surface area contributed by atoms with Crippen LogP contribution in [0, 0.1) is 5.82 Å². The van der Waals surface area contributed by atoms with Gasteiger partial charge in [0.05, 0.1) is 47.6 Å². The number of alkyl halides is 2. The van der Waals surface area contributed by atoms with Gasteiger partial charge in [-0.05, 0) is 24.6 Å². The van der Waals surface area contributed by atoms with E-state index in [-0.39, 0.29) is 34.5 Å². The van der Waals surface area contributed by atoms with Crippen LogP contribution in [0.2, 0.25) is 10.2 Å². The number of halogens is 5. The average molecular weight is 579 g/mol. The van der Waals surface area contributed by atoms with Crippen LogP contribution >= 0.6 is 23.2 Å². The average Bonchev–Trinajstić information content (AvgIpc) is 3.64. The number of nitrogens with zero attached hydrogens (tertiary/aromatic N) is 8. The van der Waals surface area contributed by atoms with Crippen molar-refractivity contribution in [3.05, 3.63) is 76.9 Å². The lowest BCUT2D eigenvalue weighted by Crippen LogP contribution is -2.16. The molecule has 0 bridgehead atoms. The van der Waals surface area contributed by atoms with Crippen molar-refractivity contribution >= 4 is 23.2 Å². The van der Waals surface area contributed by atoms with Gasteiger partial charge in [-0.1, -0.05) is 34.5 Å². The number of benzene rings is 1. The normalized spacial score (nSPS) is 12.4. The van der Waals surface area contributed by atoms with Gasteiger partial charge in [-0.3, -0.25) is 14.3 Å². The van der Waals surface area contributed by atoms with E-state index in [0.717, 1.165) is 0 Å². The van der Waals surface area contributed by atoms with Crippen molar-refractivity contribution < 1.29 is 23.0 Å². The van der Waals surface area contributed by atoms with Gasteiger partial charge in [0, 0.05) is 36.1 Å². The van der Waals surface area contributed by atoms with E-state index < -0.39 is 18.5 Å². The molecule has 0 fully saturated rings. The number of hydrogen-bond acceptors (Lipinski definition) is 7. The summed E-state index contributed by atoms with van der Waals surface area (Å²) in [5, 5.41) is 26.2. The summed E-state index contributed by atoms with van der Waals surface area (Å²) in [7, 11) is 1.66. The molecule has 15 heteroatoms. The van der Waals surface area contributed by atoms with Gasteiger partial charge in [0.15, 0.2) is 16.7 Å². The molecule has 0 aliphatic rings. The number of ether oxygens (including phenoxy) is 1. The monoisotopic (exact) mass is 578 g/mol. The first-order valence-corrected chi connectivity index (χ1v) is 12.2. The lowest BCUT2D eigenvalue weighted by Gasteiger charge is -2.18. The van der Waals surface area contributed by atoms with Crippen molar-refractivity contribution in [2.45, 2.75) is 19.1 Å². The van der Waals surface area contributed by atoms with Crippen LogP contribution in [0.25, 0.3) is 28.1 Å². The Kier molecular flexibility index (Phi) is 7.55. The molecule has 0 saturated carbocycles. The van der Waals surface area contributed by atoms with Gasteiger partial charge in [0.2, 0.25) is 0 Å². The van der Waals surface area contributed by atoms with E-state index in [9.17, 15) is 13.9 Å². The molecule has 0 aliphatic heterocycles. The van der Waals surface area contributed by atoms with Crippen LogP contribution in [0.3, 0.4) is 0 Å². The summed E-state index contributed by atoms with van der Waals surface area (Å²) in [5.41, 5.74) is 2.27. The van der Waals surface area contributed by atoms with Gasteiger partial charge in [0.1, 0.15) is 5.69 Å². The van der Waals surface area contributed by atoms with Crippen molar-refractivity contribution in [1.82, 2.24) is 39.5 Å². The second kappa shape index (κ2) is 11.0. The first-order chi connectivity index (χ1) is 18.7. The van der Waals surface area contributed by atoms with E-state index in [1.807, 2.05) is 0 Å². The Morgan fingerprint density at radius 1 is 1.03 bits per heavy atom. The van der Waals surface area contributed by atoms with Crippen LogP contribution in [0.1, 0.15) is 18.2 Å². The van der Waals surface area contributed by atoms with Gasteiger partial charge >= 0.3 is 6.61 Å². The Hall–Kier alpha value is -3.94. The molecule has 1 N–H and O–H groups in total. The molecule has 5 rings (SSSR count). The number of aryl methyl sites for hydroxylation is 1. The minimum Gasteiger partial charge on any atom is -0.504 e. The SMILES string of the molecule is Cn1ncc(O)c1-c1cnn([C@H](CCOC(F)F)c2ccc(-c3c(-n4cc(Cl)nn4)ccc(Cl)c3F)cn2)c1. The van der Waals surface area contributed by atoms with Crippen LogP contribution in [-0.4, -0.2) is 57.9 Å². The summed E-state index contributed by atoms with van der Waals surface area (Å²) in [6.45, 7) is -3.21. The van der Waals surface area contributed by atoms with Gasteiger partial charge in [-0.2, -0.15) is 19.0 Å².